The lowest BCUT2D eigenvalue weighted by Gasteiger charge is -2.18. The van der Waals surface area contributed by atoms with E-state index in [0.29, 0.717) is 18.0 Å². The summed E-state index contributed by atoms with van der Waals surface area (Å²) in [5.74, 6) is 0.482. The topological polar surface area (TPSA) is 66.5 Å². The number of amides is 1. The third kappa shape index (κ3) is 3.89. The van der Waals surface area contributed by atoms with Crippen molar-refractivity contribution in [3.05, 3.63) is 54.1 Å². The van der Waals surface area contributed by atoms with E-state index in [0.717, 1.165) is 10.5 Å². The molecule has 0 aromatic heterocycles. The minimum Gasteiger partial charge on any atom is -0.325 e. The van der Waals surface area contributed by atoms with E-state index in [2.05, 4.69) is 5.32 Å². The molecule has 25 heavy (non-hydrogen) atoms. The van der Waals surface area contributed by atoms with Gasteiger partial charge in [-0.3, -0.25) is 4.79 Å². The van der Waals surface area contributed by atoms with Crippen molar-refractivity contribution in [3.63, 3.8) is 0 Å². The molecule has 2 aromatic rings. The molecule has 1 atom stereocenters. The Morgan fingerprint density at radius 2 is 1.92 bits per heavy atom. The van der Waals surface area contributed by atoms with Gasteiger partial charge in [-0.2, -0.15) is 4.31 Å². The van der Waals surface area contributed by atoms with Gasteiger partial charge in [0.05, 0.1) is 10.6 Å². The van der Waals surface area contributed by atoms with E-state index < -0.39 is 10.0 Å². The van der Waals surface area contributed by atoms with Crippen LogP contribution in [0.2, 0.25) is 0 Å². The zero-order valence-electron chi connectivity index (χ0n) is 14.1. The summed E-state index contributed by atoms with van der Waals surface area (Å²) in [4.78, 5) is 13.1. The molecule has 1 heterocycles. The van der Waals surface area contributed by atoms with Crippen LogP contribution < -0.4 is 5.32 Å². The lowest BCUT2D eigenvalue weighted by molar-refractivity contribution is -0.118. The van der Waals surface area contributed by atoms with E-state index in [1.54, 1.807) is 37.0 Å². The molecule has 132 valence electrons. The zero-order chi connectivity index (χ0) is 18.0. The fraction of sp³-hybridized carbons (Fsp3) is 0.278. The van der Waals surface area contributed by atoms with Gasteiger partial charge < -0.3 is 5.32 Å². The van der Waals surface area contributed by atoms with Crippen molar-refractivity contribution >= 4 is 33.4 Å². The fourth-order valence-corrected chi connectivity index (χ4v) is 4.74. The number of anilines is 1. The van der Waals surface area contributed by atoms with Crippen LogP contribution in [-0.2, 0) is 21.4 Å². The summed E-state index contributed by atoms with van der Waals surface area (Å²) in [5.41, 5.74) is 1.48. The maximum Gasteiger partial charge on any atom is 0.243 e. The van der Waals surface area contributed by atoms with Crippen molar-refractivity contribution in [3.8, 4) is 0 Å². The van der Waals surface area contributed by atoms with E-state index in [9.17, 15) is 13.2 Å². The largest absolute Gasteiger partial charge is 0.325 e. The first-order valence-electron chi connectivity index (χ1n) is 7.96. The normalized spacial score (nSPS) is 17.7. The van der Waals surface area contributed by atoms with Crippen LogP contribution in [0.25, 0.3) is 0 Å². The highest BCUT2D eigenvalue weighted by Gasteiger charge is 2.25. The third-order valence-electron chi connectivity index (χ3n) is 4.10. The van der Waals surface area contributed by atoms with Crippen molar-refractivity contribution in [2.45, 2.75) is 23.3 Å². The van der Waals surface area contributed by atoms with Crippen molar-refractivity contribution in [2.75, 3.05) is 18.1 Å². The maximum absolute atomic E-state index is 12.9. The highest BCUT2D eigenvalue weighted by Crippen LogP contribution is 2.34. The number of hydrogen-bond donors (Lipinski definition) is 1. The van der Waals surface area contributed by atoms with Crippen molar-refractivity contribution in [2.24, 2.45) is 5.92 Å². The molecule has 1 aliphatic rings. The van der Waals surface area contributed by atoms with Gasteiger partial charge in [-0.25, -0.2) is 8.42 Å². The Morgan fingerprint density at radius 1 is 1.20 bits per heavy atom. The number of thioether (sulfide) groups is 1. The molecule has 0 bridgehead atoms. The van der Waals surface area contributed by atoms with E-state index in [1.165, 1.54) is 4.31 Å². The molecule has 0 fully saturated rings. The van der Waals surface area contributed by atoms with Crippen molar-refractivity contribution in [1.82, 2.24) is 4.31 Å². The van der Waals surface area contributed by atoms with Crippen LogP contribution >= 0.6 is 11.8 Å². The van der Waals surface area contributed by atoms with E-state index in [1.807, 2.05) is 37.3 Å². The average molecular weight is 377 g/mol. The first kappa shape index (κ1) is 18.0. The SMILES string of the molecule is C[C@H]1CSc2ccc(S(=O)(=O)N(C)Cc3ccccc3)cc2NC1=O. The van der Waals surface area contributed by atoms with E-state index in [-0.39, 0.29) is 16.7 Å². The molecule has 1 N–H and O–H groups in total. The number of sulfonamides is 1. The molecule has 0 aliphatic carbocycles. The number of rotatable bonds is 4. The first-order chi connectivity index (χ1) is 11.9. The quantitative estimate of drug-likeness (QED) is 0.890. The summed E-state index contributed by atoms with van der Waals surface area (Å²) >= 11 is 1.56. The van der Waals surface area contributed by atoms with Crippen LogP contribution in [0, 0.1) is 5.92 Å². The molecule has 0 unspecified atom stereocenters. The zero-order valence-corrected chi connectivity index (χ0v) is 15.7. The number of nitrogens with zero attached hydrogens (tertiary/aromatic N) is 1. The summed E-state index contributed by atoms with van der Waals surface area (Å²) < 4.78 is 27.0. The van der Waals surface area contributed by atoms with Gasteiger partial charge in [0.25, 0.3) is 0 Å². The van der Waals surface area contributed by atoms with Crippen LogP contribution in [-0.4, -0.2) is 31.4 Å². The maximum atomic E-state index is 12.9. The number of carbonyl (C=O) groups excluding carboxylic acids is 1. The lowest BCUT2D eigenvalue weighted by atomic mass is 10.2. The minimum absolute atomic E-state index is 0.0848. The fourth-order valence-electron chi connectivity index (χ4n) is 2.54. The monoisotopic (exact) mass is 376 g/mol. The molecular formula is C18H20N2O3S2. The summed E-state index contributed by atoms with van der Waals surface area (Å²) in [7, 11) is -2.08. The molecule has 7 heteroatoms. The Morgan fingerprint density at radius 3 is 2.64 bits per heavy atom. The second kappa shape index (κ2) is 7.19. The molecule has 2 aromatic carbocycles. The molecule has 0 spiro atoms. The second-order valence-corrected chi connectivity index (χ2v) is 9.21. The molecule has 1 amide bonds. The van der Waals surface area contributed by atoms with Crippen LogP contribution in [0.1, 0.15) is 12.5 Å². The highest BCUT2D eigenvalue weighted by molar-refractivity contribution is 7.99. The Labute approximate surface area is 152 Å². The Balaban J connectivity index is 1.88. The molecule has 1 aliphatic heterocycles. The molecular weight excluding hydrogens is 356 g/mol. The average Bonchev–Trinajstić information content (AvgIpc) is 2.74. The van der Waals surface area contributed by atoms with Crippen molar-refractivity contribution in [1.29, 1.82) is 0 Å². The Hall–Kier alpha value is -1.83. The summed E-state index contributed by atoms with van der Waals surface area (Å²) in [6.07, 6.45) is 0. The van der Waals surface area contributed by atoms with Gasteiger partial charge in [0.2, 0.25) is 15.9 Å². The smallest absolute Gasteiger partial charge is 0.243 e. The summed E-state index contributed by atoms with van der Waals surface area (Å²) in [6, 6.07) is 14.4. The standard InChI is InChI=1S/C18H20N2O3S2/c1-13-12-24-17-9-8-15(10-16(17)19-18(13)21)25(22,23)20(2)11-14-6-4-3-5-7-14/h3-10,13H,11-12H2,1-2H3,(H,19,21)/t13-/m0/s1. The number of hydrogen-bond acceptors (Lipinski definition) is 4. The molecule has 0 saturated carbocycles. The molecule has 0 radical (unpaired) electrons. The van der Waals surface area contributed by atoms with Crippen LogP contribution in [0.4, 0.5) is 5.69 Å². The number of nitrogens with one attached hydrogen (secondary N) is 1. The van der Waals surface area contributed by atoms with Crippen LogP contribution in [0.5, 0.6) is 0 Å². The van der Waals surface area contributed by atoms with Gasteiger partial charge in [-0.05, 0) is 23.8 Å². The van der Waals surface area contributed by atoms with E-state index >= 15 is 0 Å². The molecule has 0 saturated heterocycles. The van der Waals surface area contributed by atoms with Gasteiger partial charge in [-0.1, -0.05) is 37.3 Å². The van der Waals surface area contributed by atoms with Gasteiger partial charge in [0.1, 0.15) is 0 Å². The Kier molecular flexibility index (Phi) is 5.17. The van der Waals surface area contributed by atoms with Gasteiger partial charge in [-0.15, -0.1) is 11.8 Å². The highest BCUT2D eigenvalue weighted by atomic mass is 32.2. The summed E-state index contributed by atoms with van der Waals surface area (Å²) in [5, 5.41) is 2.83. The van der Waals surface area contributed by atoms with E-state index in [4.69, 9.17) is 0 Å². The first-order valence-corrected chi connectivity index (χ1v) is 10.4. The lowest BCUT2D eigenvalue weighted by Crippen LogP contribution is -2.26. The minimum atomic E-state index is -3.64. The predicted molar refractivity (Wildman–Crippen MR) is 100 cm³/mol. The van der Waals surface area contributed by atoms with Crippen LogP contribution in [0.15, 0.2) is 58.3 Å². The van der Waals surface area contributed by atoms with Gasteiger partial charge >= 0.3 is 0 Å². The molecule has 3 rings (SSSR count). The van der Waals surface area contributed by atoms with Crippen molar-refractivity contribution < 1.29 is 13.2 Å². The summed E-state index contributed by atoms with van der Waals surface area (Å²) in [6.45, 7) is 2.15. The number of fused-ring (bicyclic) bond motifs is 1. The van der Waals surface area contributed by atoms with Crippen LogP contribution in [0.3, 0.4) is 0 Å². The molecule has 5 nitrogen and oxygen atoms in total. The predicted octanol–water partition coefficient (Wildman–Crippen LogP) is 3.19. The number of carbonyl (C=O) groups is 1. The van der Waals surface area contributed by atoms with Gasteiger partial charge in [0, 0.05) is 30.2 Å². The second-order valence-electron chi connectivity index (χ2n) is 6.11. The Bertz CT molecular complexity index is 882. The third-order valence-corrected chi connectivity index (χ3v) is 7.23. The number of benzene rings is 2. The van der Waals surface area contributed by atoms with Gasteiger partial charge in [0.15, 0.2) is 0 Å².